The van der Waals surface area contributed by atoms with Gasteiger partial charge in [0.25, 0.3) is 5.91 Å². The Balaban J connectivity index is 1.43. The molecule has 1 aromatic rings. The van der Waals surface area contributed by atoms with Crippen LogP contribution in [0.15, 0.2) is 22.8 Å². The van der Waals surface area contributed by atoms with E-state index in [1.165, 1.54) is 19.3 Å². The van der Waals surface area contributed by atoms with E-state index in [0.717, 1.165) is 44.9 Å². The lowest BCUT2D eigenvalue weighted by Gasteiger charge is -2.50. The number of carbonyl (C=O) groups excluding carboxylic acids is 1. The number of fused-ring (bicyclic) bond motifs is 1. The zero-order chi connectivity index (χ0) is 16.4. The van der Waals surface area contributed by atoms with Gasteiger partial charge in [0.05, 0.1) is 19.0 Å². The van der Waals surface area contributed by atoms with E-state index >= 15 is 0 Å². The number of hydrogen-bond donors (Lipinski definition) is 0. The molecule has 0 bridgehead atoms. The predicted molar refractivity (Wildman–Crippen MR) is 88.8 cm³/mol. The highest BCUT2D eigenvalue weighted by Crippen LogP contribution is 2.41. The average molecular weight is 333 g/mol. The average Bonchev–Trinajstić information content (AvgIpc) is 3.10. The molecule has 24 heavy (non-hydrogen) atoms. The Labute approximate surface area is 143 Å². The first-order valence-electron chi connectivity index (χ1n) is 9.29. The fourth-order valence-corrected chi connectivity index (χ4v) is 4.32. The van der Waals surface area contributed by atoms with Crippen LogP contribution >= 0.6 is 0 Å². The molecule has 1 aromatic heterocycles. The fraction of sp³-hybridized carbons (Fsp3) is 0.737. The molecule has 0 N–H and O–H groups in total. The first-order valence-corrected chi connectivity index (χ1v) is 9.29. The van der Waals surface area contributed by atoms with Gasteiger partial charge in [-0.05, 0) is 50.2 Å². The summed E-state index contributed by atoms with van der Waals surface area (Å²) in [5.41, 5.74) is -0.0531. The number of hydrogen-bond acceptors (Lipinski definition) is 4. The second-order valence-corrected chi connectivity index (χ2v) is 7.63. The SMILES string of the molecule is O=C(c1ccco1)N1CC[C@@H]2OCCC[C@]2(COCC2CCC2)C1. The molecule has 3 fully saturated rings. The van der Waals surface area contributed by atoms with E-state index in [9.17, 15) is 4.79 Å². The molecule has 0 unspecified atom stereocenters. The Morgan fingerprint density at radius 2 is 2.25 bits per heavy atom. The highest BCUT2D eigenvalue weighted by atomic mass is 16.5. The number of ether oxygens (including phenoxy) is 2. The molecule has 2 atom stereocenters. The van der Waals surface area contributed by atoms with Crippen LogP contribution in [0.5, 0.6) is 0 Å². The lowest BCUT2D eigenvalue weighted by molar-refractivity contribution is -0.150. The molecule has 1 aliphatic carbocycles. The van der Waals surface area contributed by atoms with Crippen molar-refractivity contribution in [2.75, 3.05) is 32.9 Å². The summed E-state index contributed by atoms with van der Waals surface area (Å²) in [5, 5.41) is 0. The van der Waals surface area contributed by atoms with Crippen LogP contribution in [0.1, 0.15) is 49.1 Å². The smallest absolute Gasteiger partial charge is 0.289 e. The van der Waals surface area contributed by atoms with Gasteiger partial charge in [0.15, 0.2) is 5.76 Å². The first-order chi connectivity index (χ1) is 11.8. The molecule has 0 radical (unpaired) electrons. The van der Waals surface area contributed by atoms with Crippen LogP contribution in [-0.4, -0.2) is 49.8 Å². The van der Waals surface area contributed by atoms with E-state index in [0.29, 0.717) is 18.9 Å². The van der Waals surface area contributed by atoms with Gasteiger partial charge in [-0.3, -0.25) is 4.79 Å². The molecule has 1 saturated carbocycles. The van der Waals surface area contributed by atoms with Crippen molar-refractivity contribution in [3.05, 3.63) is 24.2 Å². The Morgan fingerprint density at radius 1 is 1.33 bits per heavy atom. The zero-order valence-corrected chi connectivity index (χ0v) is 14.2. The number of amides is 1. The lowest BCUT2D eigenvalue weighted by atomic mass is 9.73. The summed E-state index contributed by atoms with van der Waals surface area (Å²) in [7, 11) is 0. The molecule has 0 spiro atoms. The molecule has 5 heteroatoms. The van der Waals surface area contributed by atoms with Crippen LogP contribution < -0.4 is 0 Å². The summed E-state index contributed by atoms with van der Waals surface area (Å²) in [6, 6.07) is 3.51. The Morgan fingerprint density at radius 3 is 3.00 bits per heavy atom. The molecule has 1 amide bonds. The van der Waals surface area contributed by atoms with Crippen LogP contribution in [0.3, 0.4) is 0 Å². The van der Waals surface area contributed by atoms with Gasteiger partial charge in [-0.2, -0.15) is 0 Å². The van der Waals surface area contributed by atoms with Gasteiger partial charge in [-0.1, -0.05) is 6.42 Å². The van der Waals surface area contributed by atoms with Crippen molar-refractivity contribution in [3.63, 3.8) is 0 Å². The molecule has 2 aliphatic heterocycles. The van der Waals surface area contributed by atoms with Crippen molar-refractivity contribution in [1.82, 2.24) is 4.90 Å². The molecule has 4 rings (SSSR count). The van der Waals surface area contributed by atoms with Crippen molar-refractivity contribution in [2.45, 2.75) is 44.6 Å². The van der Waals surface area contributed by atoms with Crippen LogP contribution in [0.2, 0.25) is 0 Å². The maximum absolute atomic E-state index is 12.7. The predicted octanol–water partition coefficient (Wildman–Crippen LogP) is 3.11. The third kappa shape index (κ3) is 3.11. The van der Waals surface area contributed by atoms with Crippen molar-refractivity contribution < 1.29 is 18.7 Å². The van der Waals surface area contributed by atoms with E-state index in [2.05, 4.69) is 0 Å². The Bertz CT molecular complexity index is 554. The highest BCUT2D eigenvalue weighted by Gasteiger charge is 2.47. The van der Waals surface area contributed by atoms with E-state index < -0.39 is 0 Å². The summed E-state index contributed by atoms with van der Waals surface area (Å²) >= 11 is 0. The van der Waals surface area contributed by atoms with Crippen LogP contribution in [0.25, 0.3) is 0 Å². The number of nitrogens with zero attached hydrogens (tertiary/aromatic N) is 1. The molecule has 132 valence electrons. The van der Waals surface area contributed by atoms with Gasteiger partial charge in [0.2, 0.25) is 0 Å². The molecular weight excluding hydrogens is 306 g/mol. The number of likely N-dealkylation sites (tertiary alicyclic amines) is 1. The fourth-order valence-electron chi connectivity index (χ4n) is 4.32. The quantitative estimate of drug-likeness (QED) is 0.831. The van der Waals surface area contributed by atoms with Crippen molar-refractivity contribution in [3.8, 4) is 0 Å². The van der Waals surface area contributed by atoms with Crippen LogP contribution in [-0.2, 0) is 9.47 Å². The maximum Gasteiger partial charge on any atom is 0.289 e. The number of furan rings is 1. The molecule has 5 nitrogen and oxygen atoms in total. The van der Waals surface area contributed by atoms with Gasteiger partial charge in [-0.15, -0.1) is 0 Å². The Hall–Kier alpha value is -1.33. The monoisotopic (exact) mass is 333 g/mol. The molecular formula is C19H27NO4. The standard InChI is InChI=1S/C19H27NO4/c21-18(16-6-2-10-23-16)20-9-7-17-19(13-20,8-3-11-24-17)14-22-12-15-4-1-5-15/h2,6,10,15,17H,1,3-5,7-9,11-14H2/t17-,19+/m0/s1. The van der Waals surface area contributed by atoms with Crippen molar-refractivity contribution in [2.24, 2.45) is 11.3 Å². The number of piperidine rings is 1. The third-order valence-electron chi connectivity index (χ3n) is 5.98. The van der Waals surface area contributed by atoms with E-state index in [1.54, 1.807) is 18.4 Å². The third-order valence-corrected chi connectivity index (χ3v) is 5.98. The molecule has 3 heterocycles. The zero-order valence-electron chi connectivity index (χ0n) is 14.2. The first kappa shape index (κ1) is 16.2. The largest absolute Gasteiger partial charge is 0.459 e. The normalized spacial score (nSPS) is 30.7. The molecule has 2 saturated heterocycles. The van der Waals surface area contributed by atoms with Crippen LogP contribution in [0.4, 0.5) is 0 Å². The van der Waals surface area contributed by atoms with E-state index in [1.807, 2.05) is 4.90 Å². The van der Waals surface area contributed by atoms with Crippen molar-refractivity contribution in [1.29, 1.82) is 0 Å². The minimum absolute atomic E-state index is 0.0117. The number of carbonyl (C=O) groups is 1. The molecule has 0 aromatic carbocycles. The summed E-state index contributed by atoms with van der Waals surface area (Å²) in [6.07, 6.45) is 8.73. The summed E-state index contributed by atoms with van der Waals surface area (Å²) in [5.74, 6) is 1.16. The van der Waals surface area contributed by atoms with E-state index in [-0.39, 0.29) is 17.4 Å². The van der Waals surface area contributed by atoms with Crippen molar-refractivity contribution >= 4 is 5.91 Å². The van der Waals surface area contributed by atoms with Gasteiger partial charge in [-0.25, -0.2) is 0 Å². The lowest BCUT2D eigenvalue weighted by Crippen LogP contribution is -2.58. The summed E-state index contributed by atoms with van der Waals surface area (Å²) < 4.78 is 17.5. The summed E-state index contributed by atoms with van der Waals surface area (Å²) in [4.78, 5) is 14.6. The second kappa shape index (κ2) is 6.89. The van der Waals surface area contributed by atoms with E-state index in [4.69, 9.17) is 13.9 Å². The summed E-state index contributed by atoms with van der Waals surface area (Å²) in [6.45, 7) is 3.84. The minimum atomic E-state index is -0.0531. The van der Waals surface area contributed by atoms with Crippen LogP contribution in [0, 0.1) is 11.3 Å². The molecule has 3 aliphatic rings. The van der Waals surface area contributed by atoms with Gasteiger partial charge >= 0.3 is 0 Å². The minimum Gasteiger partial charge on any atom is -0.459 e. The Kier molecular flexibility index (Phi) is 4.63. The van der Waals surface area contributed by atoms with Gasteiger partial charge in [0, 0.05) is 31.7 Å². The highest BCUT2D eigenvalue weighted by molar-refractivity contribution is 5.91. The second-order valence-electron chi connectivity index (χ2n) is 7.63. The maximum atomic E-state index is 12.7. The topological polar surface area (TPSA) is 51.9 Å². The number of rotatable bonds is 5. The van der Waals surface area contributed by atoms with Gasteiger partial charge < -0.3 is 18.8 Å². The van der Waals surface area contributed by atoms with Gasteiger partial charge in [0.1, 0.15) is 0 Å².